The van der Waals surface area contributed by atoms with Gasteiger partial charge in [0.05, 0.1) is 6.61 Å². The molecule has 6 nitrogen and oxygen atoms in total. The highest BCUT2D eigenvalue weighted by atomic mass is 127. The third-order valence-corrected chi connectivity index (χ3v) is 5.11. The number of methoxy groups -OCH3 is 1. The molecule has 0 atom stereocenters. The molecule has 1 N–H and O–H groups in total. The molecular formula is C24H34IN3O3. The predicted molar refractivity (Wildman–Crippen MR) is 136 cm³/mol. The summed E-state index contributed by atoms with van der Waals surface area (Å²) in [5.74, 6) is 2.77. The molecule has 3 rings (SSSR count). The summed E-state index contributed by atoms with van der Waals surface area (Å²) >= 11 is 0. The largest absolute Gasteiger partial charge is 0.493 e. The molecule has 1 aliphatic rings. The maximum absolute atomic E-state index is 6.10. The topological polar surface area (TPSA) is 55.3 Å². The molecule has 31 heavy (non-hydrogen) atoms. The van der Waals surface area contributed by atoms with Gasteiger partial charge in [-0.1, -0.05) is 30.3 Å². The van der Waals surface area contributed by atoms with E-state index in [2.05, 4.69) is 27.3 Å². The molecule has 0 saturated carbocycles. The third-order valence-electron chi connectivity index (χ3n) is 5.11. The normalized spacial score (nSPS) is 14.6. The van der Waals surface area contributed by atoms with Crippen LogP contribution in [-0.4, -0.2) is 57.4 Å². The van der Waals surface area contributed by atoms with Crippen LogP contribution < -0.4 is 14.8 Å². The maximum atomic E-state index is 6.10. The van der Waals surface area contributed by atoms with E-state index in [1.165, 1.54) is 5.56 Å². The van der Waals surface area contributed by atoms with Crippen molar-refractivity contribution >= 4 is 29.9 Å². The van der Waals surface area contributed by atoms with Gasteiger partial charge in [-0.25, -0.2) is 0 Å². The highest BCUT2D eigenvalue weighted by Crippen LogP contribution is 2.19. The van der Waals surface area contributed by atoms with Gasteiger partial charge >= 0.3 is 0 Å². The third kappa shape index (κ3) is 8.57. The summed E-state index contributed by atoms with van der Waals surface area (Å²) in [6.45, 7) is 3.94. The van der Waals surface area contributed by atoms with Crippen molar-refractivity contribution in [3.8, 4) is 11.5 Å². The Morgan fingerprint density at radius 3 is 2.48 bits per heavy atom. The van der Waals surface area contributed by atoms with Crippen molar-refractivity contribution in [1.82, 2.24) is 10.2 Å². The number of rotatable bonds is 9. The first-order chi connectivity index (χ1) is 14.8. The van der Waals surface area contributed by atoms with Crippen molar-refractivity contribution in [1.29, 1.82) is 0 Å². The molecule has 1 fully saturated rings. The van der Waals surface area contributed by atoms with E-state index in [0.29, 0.717) is 19.8 Å². The minimum atomic E-state index is 0. The fraction of sp³-hybridized carbons (Fsp3) is 0.458. The number of aliphatic imine (C=N–C) groups is 1. The van der Waals surface area contributed by atoms with E-state index in [1.54, 1.807) is 7.11 Å². The van der Waals surface area contributed by atoms with Gasteiger partial charge in [0, 0.05) is 59.7 Å². The predicted octanol–water partition coefficient (Wildman–Crippen LogP) is 4.34. The zero-order valence-corrected chi connectivity index (χ0v) is 20.8. The summed E-state index contributed by atoms with van der Waals surface area (Å²) in [5.41, 5.74) is 1.17. The van der Waals surface area contributed by atoms with E-state index in [0.717, 1.165) is 49.8 Å². The van der Waals surface area contributed by atoms with Crippen LogP contribution in [0.5, 0.6) is 11.5 Å². The quantitative estimate of drug-likeness (QED) is 0.223. The number of halogens is 1. The van der Waals surface area contributed by atoms with Gasteiger partial charge in [0.1, 0.15) is 17.6 Å². The van der Waals surface area contributed by atoms with Crippen LogP contribution in [0.25, 0.3) is 0 Å². The SMILES string of the molecule is CN=C(NCc1cccc(OCCCOC)c1)N1CCC(Oc2ccccc2)CC1.I. The highest BCUT2D eigenvalue weighted by Gasteiger charge is 2.22. The van der Waals surface area contributed by atoms with Gasteiger partial charge in [0.25, 0.3) is 0 Å². The Bertz CT molecular complexity index is 781. The van der Waals surface area contributed by atoms with Crippen molar-refractivity contribution in [2.75, 3.05) is 40.5 Å². The van der Waals surface area contributed by atoms with Gasteiger partial charge in [0.15, 0.2) is 5.96 Å². The second-order valence-electron chi connectivity index (χ2n) is 7.36. The van der Waals surface area contributed by atoms with Crippen LogP contribution in [0.4, 0.5) is 0 Å². The molecule has 0 bridgehead atoms. The van der Waals surface area contributed by atoms with Crippen molar-refractivity contribution in [2.45, 2.75) is 31.9 Å². The number of ether oxygens (including phenoxy) is 3. The molecule has 0 aromatic heterocycles. The second kappa shape index (κ2) is 14.1. The molecule has 0 aliphatic carbocycles. The molecule has 1 saturated heterocycles. The Morgan fingerprint density at radius 2 is 1.77 bits per heavy atom. The summed E-state index contributed by atoms with van der Waals surface area (Å²) in [4.78, 5) is 6.78. The number of nitrogens with one attached hydrogen (secondary N) is 1. The van der Waals surface area contributed by atoms with Crippen molar-refractivity contribution < 1.29 is 14.2 Å². The Morgan fingerprint density at radius 1 is 1.03 bits per heavy atom. The molecule has 0 unspecified atom stereocenters. The van der Waals surface area contributed by atoms with E-state index >= 15 is 0 Å². The lowest BCUT2D eigenvalue weighted by molar-refractivity contribution is 0.129. The second-order valence-corrected chi connectivity index (χ2v) is 7.36. The Labute approximate surface area is 203 Å². The zero-order valence-electron chi connectivity index (χ0n) is 18.5. The van der Waals surface area contributed by atoms with Gasteiger partial charge in [-0.05, 0) is 29.8 Å². The van der Waals surface area contributed by atoms with E-state index in [9.17, 15) is 0 Å². The molecule has 1 aliphatic heterocycles. The Kier molecular flexibility index (Phi) is 11.5. The molecular weight excluding hydrogens is 505 g/mol. The first kappa shape index (κ1) is 25.3. The molecule has 0 spiro atoms. The number of guanidine groups is 1. The summed E-state index contributed by atoms with van der Waals surface area (Å²) < 4.78 is 17.0. The summed E-state index contributed by atoms with van der Waals surface area (Å²) in [6, 6.07) is 18.3. The monoisotopic (exact) mass is 539 g/mol. The molecule has 2 aromatic rings. The van der Waals surface area contributed by atoms with Crippen LogP contribution >= 0.6 is 24.0 Å². The molecule has 0 amide bonds. The van der Waals surface area contributed by atoms with Gasteiger partial charge in [-0.2, -0.15) is 0 Å². The van der Waals surface area contributed by atoms with Gasteiger partial charge < -0.3 is 24.4 Å². The fourth-order valence-corrected chi connectivity index (χ4v) is 3.53. The standard InChI is InChI=1S/C24H33N3O3.HI/c1-25-24(26-19-20-8-6-11-23(18-20)29-17-7-16-28-2)27-14-12-22(13-15-27)30-21-9-4-3-5-10-21;/h3-6,8-11,18,22H,7,12-17,19H2,1-2H3,(H,25,26);1H. The number of hydrogen-bond donors (Lipinski definition) is 1. The lowest BCUT2D eigenvalue weighted by Crippen LogP contribution is -2.47. The smallest absolute Gasteiger partial charge is 0.193 e. The summed E-state index contributed by atoms with van der Waals surface area (Å²) in [6.07, 6.45) is 3.12. The van der Waals surface area contributed by atoms with E-state index in [-0.39, 0.29) is 30.1 Å². The van der Waals surface area contributed by atoms with Gasteiger partial charge in [-0.3, -0.25) is 4.99 Å². The molecule has 0 radical (unpaired) electrons. The number of para-hydroxylation sites is 1. The lowest BCUT2D eigenvalue weighted by atomic mass is 10.1. The minimum absolute atomic E-state index is 0. The number of piperidine rings is 1. The Hall–Kier alpha value is -2.00. The highest BCUT2D eigenvalue weighted by molar-refractivity contribution is 14.0. The van der Waals surface area contributed by atoms with Crippen LogP contribution in [0.2, 0.25) is 0 Å². The van der Waals surface area contributed by atoms with Crippen LogP contribution in [0.3, 0.4) is 0 Å². The first-order valence-corrected chi connectivity index (χ1v) is 10.7. The van der Waals surface area contributed by atoms with E-state index in [1.807, 2.05) is 49.5 Å². The van der Waals surface area contributed by atoms with Crippen molar-refractivity contribution in [2.24, 2.45) is 4.99 Å². The molecule has 1 heterocycles. The van der Waals surface area contributed by atoms with Gasteiger partial charge in [-0.15, -0.1) is 24.0 Å². The van der Waals surface area contributed by atoms with Crippen LogP contribution in [0.15, 0.2) is 59.6 Å². The summed E-state index contributed by atoms with van der Waals surface area (Å²) in [7, 11) is 3.54. The first-order valence-electron chi connectivity index (χ1n) is 10.7. The maximum Gasteiger partial charge on any atom is 0.193 e. The number of likely N-dealkylation sites (tertiary alicyclic amines) is 1. The fourth-order valence-electron chi connectivity index (χ4n) is 3.53. The van der Waals surface area contributed by atoms with Crippen LogP contribution in [0.1, 0.15) is 24.8 Å². The number of benzene rings is 2. The van der Waals surface area contributed by atoms with E-state index in [4.69, 9.17) is 14.2 Å². The molecule has 7 heteroatoms. The number of nitrogens with zero attached hydrogens (tertiary/aromatic N) is 2. The van der Waals surface area contributed by atoms with Crippen molar-refractivity contribution in [3.63, 3.8) is 0 Å². The van der Waals surface area contributed by atoms with Crippen molar-refractivity contribution in [3.05, 3.63) is 60.2 Å². The average Bonchev–Trinajstić information content (AvgIpc) is 2.79. The van der Waals surface area contributed by atoms with Crippen LogP contribution in [0, 0.1) is 0 Å². The minimum Gasteiger partial charge on any atom is -0.493 e. The Balaban J connectivity index is 0.00000341. The average molecular weight is 539 g/mol. The van der Waals surface area contributed by atoms with E-state index < -0.39 is 0 Å². The lowest BCUT2D eigenvalue weighted by Gasteiger charge is -2.34. The van der Waals surface area contributed by atoms with Crippen LogP contribution in [-0.2, 0) is 11.3 Å². The molecule has 170 valence electrons. The molecule has 2 aromatic carbocycles. The van der Waals surface area contributed by atoms with Gasteiger partial charge in [0.2, 0.25) is 0 Å². The summed E-state index contributed by atoms with van der Waals surface area (Å²) in [5, 5.41) is 3.48. The number of hydrogen-bond acceptors (Lipinski definition) is 4. The zero-order chi connectivity index (χ0) is 21.0.